The molecule has 24 heteroatoms. The number of likely N-dealkylation sites (tertiary alicyclic amines) is 1. The first kappa shape index (κ1) is 50.1. The second-order valence-electron chi connectivity index (χ2n) is 20.1. The van der Waals surface area contributed by atoms with Crippen LogP contribution in [0.15, 0.2) is 67.1 Å². The molecule has 16 nitrogen and oxygen atoms in total. The molecule has 6 fully saturated rings. The van der Waals surface area contributed by atoms with Crippen LogP contribution in [-0.4, -0.2) is 109 Å². The molecule has 2 saturated carbocycles. The molecule has 386 valence electrons. The molecular weight excluding hydrogens is 1020 g/mol. The Morgan fingerprint density at radius 1 is 0.773 bits per heavy atom. The van der Waals surface area contributed by atoms with Crippen molar-refractivity contribution in [2.24, 2.45) is 0 Å². The number of rotatable bonds is 8. The Morgan fingerprint density at radius 3 is 1.81 bits per heavy atom. The van der Waals surface area contributed by atoms with Crippen LogP contribution in [0.25, 0.3) is 10.9 Å². The number of amides is 3. The standard InChI is InChI=1S/C51H44F6N12O4S2/c1-28(70)64-15-10-30(11-16-64)65-25-36-35(17-32(20-40(36)62-65)68-45(74)66(43(71)47(68)12-4-13-47)33-18-38(50(52,53)54)41(21-58)60-23-33)37-9-14-49(37)44(72)67(34-19-39(51(55,56)57)42(22-59)61-24-34)46(75)69(49)31-7-5-29(6-8-31)48(63(2)3)26-73-27-48/h5-8,17-20,23-25,30,37H,4,9-16,26-27H2,1-3H3. The van der Waals surface area contributed by atoms with Gasteiger partial charge in [0.15, 0.2) is 21.6 Å². The Hall–Kier alpha value is -7.12. The molecule has 75 heavy (non-hydrogen) atoms. The Labute approximate surface area is 435 Å². The number of carbonyl (C=O) groups is 3. The van der Waals surface area contributed by atoms with Crippen molar-refractivity contribution >= 4 is 86.0 Å². The zero-order valence-corrected chi connectivity index (χ0v) is 42.0. The van der Waals surface area contributed by atoms with E-state index in [9.17, 15) is 46.5 Å². The number of alkyl halides is 6. The van der Waals surface area contributed by atoms with Gasteiger partial charge in [-0.25, -0.2) is 9.97 Å². The van der Waals surface area contributed by atoms with E-state index in [2.05, 4.69) is 14.9 Å². The number of hydrogen-bond acceptors (Lipinski definition) is 12. The zero-order chi connectivity index (χ0) is 53.3. The normalized spacial score (nSPS) is 22.6. The molecule has 2 aromatic carbocycles. The summed E-state index contributed by atoms with van der Waals surface area (Å²) in [5.41, 5.74) is -5.75. The number of ether oxygens (including phenoxy) is 1. The summed E-state index contributed by atoms with van der Waals surface area (Å²) in [6.45, 7) is 3.30. The van der Waals surface area contributed by atoms with Crippen LogP contribution >= 0.6 is 24.4 Å². The third kappa shape index (κ3) is 7.41. The molecule has 3 amide bonds. The lowest BCUT2D eigenvalue weighted by atomic mass is 9.61. The van der Waals surface area contributed by atoms with Crippen LogP contribution in [0.4, 0.5) is 49.1 Å². The second-order valence-corrected chi connectivity index (χ2v) is 20.8. The van der Waals surface area contributed by atoms with Gasteiger partial charge in [0, 0.05) is 48.9 Å². The molecule has 3 aromatic heterocycles. The summed E-state index contributed by atoms with van der Waals surface area (Å²) < 4.78 is 94.2. The quantitative estimate of drug-likeness (QED) is 0.108. The van der Waals surface area contributed by atoms with E-state index < -0.39 is 69.2 Å². The van der Waals surface area contributed by atoms with Gasteiger partial charge in [0.05, 0.1) is 65.2 Å². The maximum absolute atomic E-state index is 15.7. The summed E-state index contributed by atoms with van der Waals surface area (Å²) >= 11 is 12.2. The van der Waals surface area contributed by atoms with Crippen LogP contribution in [0.5, 0.6) is 0 Å². The van der Waals surface area contributed by atoms with Gasteiger partial charge in [0.1, 0.15) is 23.2 Å². The third-order valence-corrected chi connectivity index (χ3v) is 16.9. The minimum Gasteiger partial charge on any atom is -0.377 e. The highest BCUT2D eigenvalue weighted by molar-refractivity contribution is 7.81. The lowest BCUT2D eigenvalue weighted by molar-refractivity contribution is -0.138. The van der Waals surface area contributed by atoms with E-state index in [4.69, 9.17) is 34.3 Å². The van der Waals surface area contributed by atoms with Crippen molar-refractivity contribution < 1.29 is 45.5 Å². The van der Waals surface area contributed by atoms with Crippen molar-refractivity contribution in [2.45, 2.75) is 92.8 Å². The van der Waals surface area contributed by atoms with Gasteiger partial charge in [-0.05, 0) is 131 Å². The van der Waals surface area contributed by atoms with Gasteiger partial charge in [-0.3, -0.25) is 33.8 Å². The van der Waals surface area contributed by atoms with Gasteiger partial charge in [0.25, 0.3) is 11.8 Å². The Morgan fingerprint density at radius 2 is 1.35 bits per heavy atom. The number of halogens is 6. The van der Waals surface area contributed by atoms with E-state index in [0.717, 1.165) is 27.8 Å². The average Bonchev–Trinajstić information content (AvgIpc) is 3.98. The number of hydrogen-bond donors (Lipinski definition) is 0. The van der Waals surface area contributed by atoms with Crippen LogP contribution in [-0.2, 0) is 37.0 Å². The SMILES string of the molecule is CC(=O)N1CCC(n2cc3c(C4CCC45C(=O)N(c4cnc(C#N)c(C(F)(F)F)c4)C(=S)N5c4ccc(C5(N(C)C)COC5)cc4)cc(N4C(=S)N(c5cnc(C#N)c(C(F)(F)F)c5)C(=O)C45CCC5)cc3n2)CC1. The highest BCUT2D eigenvalue weighted by atomic mass is 32.1. The molecule has 2 atom stereocenters. The molecule has 11 rings (SSSR count). The molecule has 6 aliphatic rings. The third-order valence-electron chi connectivity index (χ3n) is 16.2. The highest BCUT2D eigenvalue weighted by Crippen LogP contribution is 2.59. The fourth-order valence-corrected chi connectivity index (χ4v) is 12.7. The lowest BCUT2D eigenvalue weighted by Crippen LogP contribution is -2.60. The summed E-state index contributed by atoms with van der Waals surface area (Å²) in [4.78, 5) is 59.6. The first-order valence-electron chi connectivity index (χ1n) is 24.1. The average molecular weight is 1070 g/mol. The molecule has 2 aliphatic carbocycles. The van der Waals surface area contributed by atoms with Gasteiger partial charge in [0.2, 0.25) is 5.91 Å². The number of carbonyl (C=O) groups excluding carboxylic acids is 3. The predicted octanol–water partition coefficient (Wildman–Crippen LogP) is 8.09. The number of anilines is 4. The first-order chi connectivity index (χ1) is 35.6. The largest absolute Gasteiger partial charge is 0.419 e. The van der Waals surface area contributed by atoms with Crippen molar-refractivity contribution in [1.29, 1.82) is 10.5 Å². The Balaban J connectivity index is 1.08. The summed E-state index contributed by atoms with van der Waals surface area (Å²) in [5, 5.41) is 24.5. The maximum Gasteiger partial charge on any atom is 0.419 e. The number of nitrogens with zero attached hydrogens (tertiary/aromatic N) is 12. The molecule has 2 spiro atoms. The summed E-state index contributed by atoms with van der Waals surface area (Å²) in [5.74, 6) is -2.10. The molecule has 0 N–H and O–H groups in total. The van der Waals surface area contributed by atoms with Gasteiger partial charge in [-0.15, -0.1) is 0 Å². The smallest absolute Gasteiger partial charge is 0.377 e. The fraction of sp³-hybridized carbons (Fsp3) is 0.412. The minimum atomic E-state index is -5.02. The van der Waals surface area contributed by atoms with Gasteiger partial charge in [-0.1, -0.05) is 12.1 Å². The molecule has 4 aliphatic heterocycles. The van der Waals surface area contributed by atoms with E-state index in [1.807, 2.05) is 37.1 Å². The molecule has 2 unspecified atom stereocenters. The van der Waals surface area contributed by atoms with Gasteiger partial charge >= 0.3 is 12.4 Å². The number of fused-ring (bicyclic) bond motifs is 1. The minimum absolute atomic E-state index is 0.0594. The number of benzene rings is 2. The summed E-state index contributed by atoms with van der Waals surface area (Å²) in [6.07, 6.45) is -3.38. The molecule has 0 bridgehead atoms. The summed E-state index contributed by atoms with van der Waals surface area (Å²) in [7, 11) is 3.87. The number of thiocarbonyl (C=S) groups is 2. The number of piperidine rings is 1. The van der Waals surface area contributed by atoms with E-state index in [1.54, 1.807) is 39.0 Å². The van der Waals surface area contributed by atoms with Crippen molar-refractivity contribution in [3.63, 3.8) is 0 Å². The zero-order valence-electron chi connectivity index (χ0n) is 40.4. The van der Waals surface area contributed by atoms with Crippen molar-refractivity contribution in [3.8, 4) is 12.1 Å². The summed E-state index contributed by atoms with van der Waals surface area (Å²) in [6, 6.07) is 15.1. The molecule has 7 heterocycles. The number of likely N-dealkylation sites (N-methyl/N-ethyl adjacent to an activating group) is 1. The molecular formula is C51H44F6N12O4S2. The van der Waals surface area contributed by atoms with Crippen molar-refractivity contribution in [1.82, 2.24) is 29.5 Å². The highest BCUT2D eigenvalue weighted by Gasteiger charge is 2.66. The van der Waals surface area contributed by atoms with E-state index in [0.29, 0.717) is 92.0 Å². The van der Waals surface area contributed by atoms with E-state index in [1.165, 1.54) is 19.1 Å². The van der Waals surface area contributed by atoms with Crippen molar-refractivity contribution in [2.75, 3.05) is 60.0 Å². The van der Waals surface area contributed by atoms with Gasteiger partial charge in [-0.2, -0.15) is 42.0 Å². The van der Waals surface area contributed by atoms with E-state index >= 15 is 4.79 Å². The van der Waals surface area contributed by atoms with E-state index in [-0.39, 0.29) is 52.8 Å². The van der Waals surface area contributed by atoms with Crippen LogP contribution in [0.2, 0.25) is 0 Å². The molecule has 0 radical (unpaired) electrons. The Bertz CT molecular complexity index is 3370. The molecule has 4 saturated heterocycles. The monoisotopic (exact) mass is 1070 g/mol. The molecule has 5 aromatic rings. The predicted molar refractivity (Wildman–Crippen MR) is 267 cm³/mol. The Kier molecular flexibility index (Phi) is 11.7. The number of pyridine rings is 2. The fourth-order valence-electron chi connectivity index (χ4n) is 11.8. The number of aromatic nitrogens is 4. The number of nitriles is 2. The topological polar surface area (TPSA) is 171 Å². The van der Waals surface area contributed by atoms with Crippen LogP contribution in [0.1, 0.15) is 97.5 Å². The van der Waals surface area contributed by atoms with Crippen LogP contribution in [0, 0.1) is 22.7 Å². The van der Waals surface area contributed by atoms with Crippen molar-refractivity contribution in [3.05, 3.63) is 101 Å². The lowest BCUT2D eigenvalue weighted by Gasteiger charge is -2.51. The van der Waals surface area contributed by atoms with Gasteiger partial charge < -0.3 is 19.4 Å². The first-order valence-corrected chi connectivity index (χ1v) is 24.9. The second kappa shape index (κ2) is 17.5. The maximum atomic E-state index is 15.7. The van der Waals surface area contributed by atoms with Crippen LogP contribution in [0.3, 0.4) is 0 Å². The van der Waals surface area contributed by atoms with Crippen LogP contribution < -0.4 is 19.6 Å².